The average Bonchev–Trinajstić information content (AvgIpc) is 3.12. The molecule has 1 aromatic rings. The molecule has 0 radical (unpaired) electrons. The van der Waals surface area contributed by atoms with Crippen molar-refractivity contribution in [1.29, 1.82) is 0 Å². The number of carbonyl (C=O) groups is 2. The molecule has 5 nitrogen and oxygen atoms in total. The van der Waals surface area contributed by atoms with Crippen molar-refractivity contribution in [2.75, 3.05) is 13.2 Å². The van der Waals surface area contributed by atoms with Crippen LogP contribution in [0.1, 0.15) is 30.4 Å². The van der Waals surface area contributed by atoms with Crippen molar-refractivity contribution in [2.24, 2.45) is 0 Å². The van der Waals surface area contributed by atoms with Crippen LogP contribution in [0.4, 0.5) is 0 Å². The summed E-state index contributed by atoms with van der Waals surface area (Å²) in [5, 5.41) is 9.09. The lowest BCUT2D eigenvalue weighted by molar-refractivity contribution is -0.148. The number of nitrogens with zero attached hydrogens (tertiary/aromatic N) is 1. The summed E-state index contributed by atoms with van der Waals surface area (Å²) in [6.07, 6.45) is 4.61. The largest absolute Gasteiger partial charge is 0.484 e. The van der Waals surface area contributed by atoms with Crippen LogP contribution in [0.25, 0.3) is 0 Å². The van der Waals surface area contributed by atoms with Gasteiger partial charge >= 0.3 is 5.97 Å². The van der Waals surface area contributed by atoms with E-state index in [1.54, 1.807) is 0 Å². The van der Waals surface area contributed by atoms with E-state index >= 15 is 0 Å². The Morgan fingerprint density at radius 1 is 1.24 bits per heavy atom. The van der Waals surface area contributed by atoms with Gasteiger partial charge in [0.1, 0.15) is 11.8 Å². The van der Waals surface area contributed by atoms with Crippen LogP contribution in [0.15, 0.2) is 18.2 Å². The van der Waals surface area contributed by atoms with Crippen molar-refractivity contribution < 1.29 is 19.4 Å². The fourth-order valence-corrected chi connectivity index (χ4v) is 3.19. The molecule has 1 aromatic carbocycles. The molecule has 1 N–H and O–H groups in total. The molecule has 0 aromatic heterocycles. The lowest BCUT2D eigenvalue weighted by atomic mass is 10.1. The van der Waals surface area contributed by atoms with E-state index in [1.807, 2.05) is 12.1 Å². The second-order valence-corrected chi connectivity index (χ2v) is 5.66. The SMILES string of the molecule is O=C(O)[C@H]1CCCN1C(=O)COc1ccc2c(c1)CCC2. The number of likely N-dealkylation sites (tertiary alicyclic amines) is 1. The maximum atomic E-state index is 12.1. The zero-order valence-corrected chi connectivity index (χ0v) is 11.9. The monoisotopic (exact) mass is 289 g/mol. The van der Waals surface area contributed by atoms with Gasteiger partial charge in [-0.2, -0.15) is 0 Å². The second-order valence-electron chi connectivity index (χ2n) is 5.66. The predicted octanol–water partition coefficient (Wildman–Crippen LogP) is 1.63. The quantitative estimate of drug-likeness (QED) is 0.915. The van der Waals surface area contributed by atoms with Gasteiger partial charge in [-0.3, -0.25) is 4.79 Å². The van der Waals surface area contributed by atoms with E-state index in [-0.39, 0.29) is 12.5 Å². The van der Waals surface area contributed by atoms with Crippen LogP contribution in [0.3, 0.4) is 0 Å². The summed E-state index contributed by atoms with van der Waals surface area (Å²) in [6, 6.07) is 5.24. The number of aryl methyl sites for hydroxylation is 2. The molecule has 1 atom stereocenters. The maximum Gasteiger partial charge on any atom is 0.326 e. The summed E-state index contributed by atoms with van der Waals surface area (Å²) in [5.41, 5.74) is 2.66. The van der Waals surface area contributed by atoms with Crippen molar-refractivity contribution in [2.45, 2.75) is 38.1 Å². The minimum atomic E-state index is -0.932. The van der Waals surface area contributed by atoms with E-state index in [9.17, 15) is 9.59 Å². The fourth-order valence-electron chi connectivity index (χ4n) is 3.19. The Morgan fingerprint density at radius 2 is 2.05 bits per heavy atom. The minimum absolute atomic E-state index is 0.0947. The number of carboxylic acids is 1. The minimum Gasteiger partial charge on any atom is -0.484 e. The molecule has 0 unspecified atom stereocenters. The van der Waals surface area contributed by atoms with E-state index in [0.29, 0.717) is 18.7 Å². The Morgan fingerprint density at radius 3 is 2.86 bits per heavy atom. The molecule has 2 aliphatic rings. The Kier molecular flexibility index (Phi) is 3.82. The van der Waals surface area contributed by atoms with Gasteiger partial charge in [-0.1, -0.05) is 6.07 Å². The number of hydrogen-bond acceptors (Lipinski definition) is 3. The van der Waals surface area contributed by atoms with Crippen LogP contribution in [-0.2, 0) is 22.4 Å². The molecule has 21 heavy (non-hydrogen) atoms. The highest BCUT2D eigenvalue weighted by Gasteiger charge is 2.33. The van der Waals surface area contributed by atoms with Gasteiger partial charge in [0.25, 0.3) is 5.91 Å². The van der Waals surface area contributed by atoms with Gasteiger partial charge in [-0.25, -0.2) is 4.79 Å². The maximum absolute atomic E-state index is 12.1. The first-order valence-electron chi connectivity index (χ1n) is 7.42. The first kappa shape index (κ1) is 13.9. The highest BCUT2D eigenvalue weighted by Crippen LogP contribution is 2.26. The highest BCUT2D eigenvalue weighted by atomic mass is 16.5. The number of amides is 1. The Bertz CT molecular complexity index is 569. The molecule has 5 heteroatoms. The van der Waals surface area contributed by atoms with E-state index in [0.717, 1.165) is 19.3 Å². The number of ether oxygens (including phenoxy) is 1. The number of carbonyl (C=O) groups excluding carboxylic acids is 1. The van der Waals surface area contributed by atoms with Gasteiger partial charge in [0, 0.05) is 6.54 Å². The number of carboxylic acid groups (broad SMARTS) is 1. The summed E-state index contributed by atoms with van der Waals surface area (Å²) in [5.74, 6) is -0.492. The van der Waals surface area contributed by atoms with E-state index in [2.05, 4.69) is 6.07 Å². The zero-order valence-electron chi connectivity index (χ0n) is 11.9. The Labute approximate surface area is 123 Å². The van der Waals surface area contributed by atoms with Crippen LogP contribution in [0.2, 0.25) is 0 Å². The first-order chi connectivity index (χ1) is 10.1. The third-order valence-corrected chi connectivity index (χ3v) is 4.29. The standard InChI is InChI=1S/C16H19NO4/c18-15(17-8-2-5-14(17)16(19)20)10-21-13-7-6-11-3-1-4-12(11)9-13/h6-7,9,14H,1-5,8,10H2,(H,19,20)/t14-/m1/s1. The van der Waals surface area contributed by atoms with Gasteiger partial charge in [0.15, 0.2) is 6.61 Å². The van der Waals surface area contributed by atoms with Crippen molar-refractivity contribution in [3.05, 3.63) is 29.3 Å². The van der Waals surface area contributed by atoms with Gasteiger partial charge < -0.3 is 14.7 Å². The third kappa shape index (κ3) is 2.86. The normalized spacial score (nSPS) is 20.4. The van der Waals surface area contributed by atoms with Gasteiger partial charge in [-0.15, -0.1) is 0 Å². The van der Waals surface area contributed by atoms with Crippen LogP contribution >= 0.6 is 0 Å². The molecule has 112 valence electrons. The van der Waals surface area contributed by atoms with Gasteiger partial charge in [0.2, 0.25) is 0 Å². The molecule has 1 fully saturated rings. The number of benzene rings is 1. The lowest BCUT2D eigenvalue weighted by Crippen LogP contribution is -2.42. The molecule has 0 spiro atoms. The Balaban J connectivity index is 1.60. The van der Waals surface area contributed by atoms with Gasteiger partial charge in [-0.05, 0) is 55.4 Å². The summed E-state index contributed by atoms with van der Waals surface area (Å²) in [4.78, 5) is 24.6. The number of fused-ring (bicyclic) bond motifs is 1. The lowest BCUT2D eigenvalue weighted by Gasteiger charge is -2.21. The van der Waals surface area contributed by atoms with Crippen LogP contribution < -0.4 is 4.74 Å². The van der Waals surface area contributed by atoms with E-state index in [4.69, 9.17) is 9.84 Å². The molecule has 1 aliphatic heterocycles. The highest BCUT2D eigenvalue weighted by molar-refractivity contribution is 5.85. The Hall–Kier alpha value is -2.04. The van der Waals surface area contributed by atoms with Crippen LogP contribution in [-0.4, -0.2) is 41.1 Å². The topological polar surface area (TPSA) is 66.8 Å². The molecule has 1 heterocycles. The summed E-state index contributed by atoms with van der Waals surface area (Å²) < 4.78 is 5.55. The van der Waals surface area contributed by atoms with E-state index in [1.165, 1.54) is 22.4 Å². The fraction of sp³-hybridized carbons (Fsp3) is 0.500. The van der Waals surface area contributed by atoms with Crippen molar-refractivity contribution >= 4 is 11.9 Å². The first-order valence-corrected chi connectivity index (χ1v) is 7.42. The van der Waals surface area contributed by atoms with Crippen molar-refractivity contribution in [1.82, 2.24) is 4.90 Å². The summed E-state index contributed by atoms with van der Waals surface area (Å²) in [7, 11) is 0. The van der Waals surface area contributed by atoms with Crippen molar-refractivity contribution in [3.8, 4) is 5.75 Å². The van der Waals surface area contributed by atoms with Crippen molar-refractivity contribution in [3.63, 3.8) is 0 Å². The van der Waals surface area contributed by atoms with Crippen LogP contribution in [0, 0.1) is 0 Å². The molecule has 1 saturated heterocycles. The van der Waals surface area contributed by atoms with Gasteiger partial charge in [0.05, 0.1) is 0 Å². The number of hydrogen-bond donors (Lipinski definition) is 1. The zero-order chi connectivity index (χ0) is 14.8. The molecular weight excluding hydrogens is 270 g/mol. The van der Waals surface area contributed by atoms with E-state index < -0.39 is 12.0 Å². The molecule has 3 rings (SSSR count). The summed E-state index contributed by atoms with van der Waals surface area (Å²) >= 11 is 0. The number of rotatable bonds is 4. The van der Waals surface area contributed by atoms with Crippen LogP contribution in [0.5, 0.6) is 5.75 Å². The smallest absolute Gasteiger partial charge is 0.326 e. The second kappa shape index (κ2) is 5.76. The molecule has 1 amide bonds. The predicted molar refractivity (Wildman–Crippen MR) is 76.3 cm³/mol. The third-order valence-electron chi connectivity index (χ3n) is 4.29. The molecule has 0 saturated carbocycles. The number of aliphatic carboxylic acids is 1. The summed E-state index contributed by atoms with van der Waals surface area (Å²) in [6.45, 7) is 0.409. The molecule has 0 bridgehead atoms. The molecular formula is C16H19NO4. The molecule has 1 aliphatic carbocycles. The average molecular weight is 289 g/mol.